The zero-order valence-electron chi connectivity index (χ0n) is 11.1. The summed E-state index contributed by atoms with van der Waals surface area (Å²) in [5.41, 5.74) is 0.534. The maximum absolute atomic E-state index is 11.9. The number of rotatable bonds is 3. The summed E-state index contributed by atoms with van der Waals surface area (Å²) in [6, 6.07) is 1.66. The van der Waals surface area contributed by atoms with Crippen molar-refractivity contribution in [2.75, 3.05) is 26.2 Å². The second-order valence-electron chi connectivity index (χ2n) is 5.13. The number of halogens is 1. The predicted octanol–water partition coefficient (Wildman–Crippen LogP) is 0.253. The van der Waals surface area contributed by atoms with Crippen LogP contribution in [-0.2, 0) is 4.74 Å². The summed E-state index contributed by atoms with van der Waals surface area (Å²) in [5.74, 6) is 1.04. The van der Waals surface area contributed by atoms with Gasteiger partial charge < -0.3 is 15.4 Å². The summed E-state index contributed by atoms with van der Waals surface area (Å²) in [6.45, 7) is 3.45. The van der Waals surface area contributed by atoms with Crippen molar-refractivity contribution in [1.82, 2.24) is 20.8 Å². The number of hydrogen-bond acceptors (Lipinski definition) is 5. The Morgan fingerprint density at radius 3 is 3.20 bits per heavy atom. The molecule has 1 amide bonds. The van der Waals surface area contributed by atoms with Crippen molar-refractivity contribution in [1.29, 1.82) is 0 Å². The standard InChI is InChI=1S/C13H18N4O2.ClH/c18-13(9-2-4-16-17-5-9)15-7-12-11-6-14-3-1-10(11)8-19-12;/h2,4-5,10-12,14H,1,3,6-8H2,(H,15,18);1H/t10-,11-,12+;/m0./s1. The molecule has 1 aromatic heterocycles. The van der Waals surface area contributed by atoms with Crippen LogP contribution < -0.4 is 10.6 Å². The van der Waals surface area contributed by atoms with Gasteiger partial charge >= 0.3 is 0 Å². The number of fused-ring (bicyclic) bond motifs is 1. The predicted molar refractivity (Wildman–Crippen MR) is 75.8 cm³/mol. The number of hydrogen-bond donors (Lipinski definition) is 2. The van der Waals surface area contributed by atoms with Crippen LogP contribution in [-0.4, -0.2) is 48.4 Å². The van der Waals surface area contributed by atoms with Crippen LogP contribution in [0.3, 0.4) is 0 Å². The number of ether oxygens (including phenoxy) is 1. The van der Waals surface area contributed by atoms with Gasteiger partial charge in [0.2, 0.25) is 0 Å². The molecular weight excluding hydrogens is 280 g/mol. The molecule has 1 aromatic rings. The molecule has 0 bridgehead atoms. The van der Waals surface area contributed by atoms with E-state index in [4.69, 9.17) is 4.74 Å². The number of nitrogens with zero attached hydrogens (tertiary/aromatic N) is 2. The van der Waals surface area contributed by atoms with E-state index in [9.17, 15) is 4.79 Å². The van der Waals surface area contributed by atoms with Crippen LogP contribution in [0.4, 0.5) is 0 Å². The third-order valence-electron chi connectivity index (χ3n) is 3.99. The van der Waals surface area contributed by atoms with Crippen molar-refractivity contribution >= 4 is 18.3 Å². The van der Waals surface area contributed by atoms with Crippen LogP contribution >= 0.6 is 12.4 Å². The number of carbonyl (C=O) groups excluding carboxylic acids is 1. The Labute approximate surface area is 124 Å². The third-order valence-corrected chi connectivity index (χ3v) is 3.99. The van der Waals surface area contributed by atoms with Crippen molar-refractivity contribution < 1.29 is 9.53 Å². The first-order valence-corrected chi connectivity index (χ1v) is 6.72. The Bertz CT molecular complexity index is 445. The summed E-state index contributed by atoms with van der Waals surface area (Å²) < 4.78 is 5.80. The summed E-state index contributed by atoms with van der Waals surface area (Å²) in [5, 5.41) is 13.7. The van der Waals surface area contributed by atoms with E-state index in [1.54, 1.807) is 6.07 Å². The summed E-state index contributed by atoms with van der Waals surface area (Å²) in [6.07, 6.45) is 4.28. The van der Waals surface area contributed by atoms with E-state index in [1.165, 1.54) is 18.8 Å². The van der Waals surface area contributed by atoms with Gasteiger partial charge in [-0.3, -0.25) is 4.79 Å². The van der Waals surface area contributed by atoms with Gasteiger partial charge in [-0.05, 0) is 24.9 Å². The molecule has 20 heavy (non-hydrogen) atoms. The van der Waals surface area contributed by atoms with Crippen molar-refractivity contribution in [3.05, 3.63) is 24.0 Å². The van der Waals surface area contributed by atoms with E-state index in [2.05, 4.69) is 20.8 Å². The first-order chi connectivity index (χ1) is 9.34. The molecule has 3 heterocycles. The smallest absolute Gasteiger partial charge is 0.253 e. The number of piperidine rings is 1. The molecule has 0 unspecified atom stereocenters. The van der Waals surface area contributed by atoms with Gasteiger partial charge in [0.1, 0.15) is 0 Å². The first-order valence-electron chi connectivity index (χ1n) is 6.72. The highest BCUT2D eigenvalue weighted by Crippen LogP contribution is 2.30. The van der Waals surface area contributed by atoms with E-state index >= 15 is 0 Å². The van der Waals surface area contributed by atoms with Gasteiger partial charge in [-0.2, -0.15) is 10.2 Å². The highest BCUT2D eigenvalue weighted by molar-refractivity contribution is 5.93. The molecular formula is C13H19ClN4O2. The molecule has 0 radical (unpaired) electrons. The number of carbonyl (C=O) groups is 1. The third kappa shape index (κ3) is 3.26. The Morgan fingerprint density at radius 1 is 1.50 bits per heavy atom. The molecule has 3 rings (SSSR count). The molecule has 2 saturated heterocycles. The number of amides is 1. The fourth-order valence-electron chi connectivity index (χ4n) is 2.88. The summed E-state index contributed by atoms with van der Waals surface area (Å²) in [7, 11) is 0. The summed E-state index contributed by atoms with van der Waals surface area (Å²) >= 11 is 0. The Hall–Kier alpha value is -1.24. The Balaban J connectivity index is 0.00000147. The minimum atomic E-state index is -0.120. The Morgan fingerprint density at radius 2 is 2.40 bits per heavy atom. The lowest BCUT2D eigenvalue weighted by atomic mass is 9.85. The molecule has 2 N–H and O–H groups in total. The quantitative estimate of drug-likeness (QED) is 0.837. The van der Waals surface area contributed by atoms with Gasteiger partial charge in [-0.1, -0.05) is 0 Å². The van der Waals surface area contributed by atoms with Gasteiger partial charge in [-0.15, -0.1) is 12.4 Å². The lowest BCUT2D eigenvalue weighted by molar-refractivity contribution is 0.0776. The molecule has 0 saturated carbocycles. The van der Waals surface area contributed by atoms with Crippen LogP contribution in [0.25, 0.3) is 0 Å². The zero-order chi connectivity index (χ0) is 13.1. The number of aromatic nitrogens is 2. The topological polar surface area (TPSA) is 76.1 Å². The SMILES string of the molecule is Cl.O=C(NC[C@H]1OC[C@@H]2CCNC[C@@H]21)c1ccnnc1. The molecule has 110 valence electrons. The maximum atomic E-state index is 11.9. The lowest BCUT2D eigenvalue weighted by Gasteiger charge is -2.27. The van der Waals surface area contributed by atoms with Gasteiger partial charge in [0.15, 0.2) is 0 Å². The molecule has 0 aliphatic carbocycles. The molecule has 0 aromatic carbocycles. The zero-order valence-corrected chi connectivity index (χ0v) is 11.9. The van der Waals surface area contributed by atoms with Gasteiger partial charge in [0, 0.05) is 19.0 Å². The van der Waals surface area contributed by atoms with Crippen molar-refractivity contribution in [2.24, 2.45) is 11.8 Å². The first kappa shape index (κ1) is 15.2. The second kappa shape index (κ2) is 6.97. The van der Waals surface area contributed by atoms with Crippen molar-refractivity contribution in [2.45, 2.75) is 12.5 Å². The molecule has 0 spiro atoms. The molecule has 7 heteroatoms. The van der Waals surface area contributed by atoms with E-state index in [0.29, 0.717) is 23.9 Å². The van der Waals surface area contributed by atoms with Crippen molar-refractivity contribution in [3.8, 4) is 0 Å². The minimum absolute atomic E-state index is 0. The Kier molecular flexibility index (Phi) is 5.28. The average molecular weight is 299 g/mol. The van der Waals surface area contributed by atoms with E-state index < -0.39 is 0 Å². The molecule has 2 fully saturated rings. The highest BCUT2D eigenvalue weighted by atomic mass is 35.5. The normalized spacial score (nSPS) is 28.3. The van der Waals surface area contributed by atoms with Crippen LogP contribution in [0.1, 0.15) is 16.8 Å². The second-order valence-corrected chi connectivity index (χ2v) is 5.13. The van der Waals surface area contributed by atoms with Crippen LogP contribution in [0.2, 0.25) is 0 Å². The average Bonchev–Trinajstić information content (AvgIpc) is 2.89. The highest BCUT2D eigenvalue weighted by Gasteiger charge is 2.38. The number of nitrogens with one attached hydrogen (secondary N) is 2. The molecule has 3 atom stereocenters. The van der Waals surface area contributed by atoms with Gasteiger partial charge in [0.25, 0.3) is 5.91 Å². The lowest BCUT2D eigenvalue weighted by Crippen LogP contribution is -2.43. The van der Waals surface area contributed by atoms with Gasteiger partial charge in [-0.25, -0.2) is 0 Å². The van der Waals surface area contributed by atoms with E-state index in [-0.39, 0.29) is 24.4 Å². The van der Waals surface area contributed by atoms with Crippen molar-refractivity contribution in [3.63, 3.8) is 0 Å². The van der Waals surface area contributed by atoms with Crippen LogP contribution in [0, 0.1) is 11.8 Å². The molecule has 2 aliphatic heterocycles. The molecule has 2 aliphatic rings. The van der Waals surface area contributed by atoms with Gasteiger partial charge in [0.05, 0.1) is 30.7 Å². The fraction of sp³-hybridized carbons (Fsp3) is 0.615. The monoisotopic (exact) mass is 298 g/mol. The maximum Gasteiger partial charge on any atom is 0.253 e. The fourth-order valence-corrected chi connectivity index (χ4v) is 2.88. The molecule has 6 nitrogen and oxygen atoms in total. The summed E-state index contributed by atoms with van der Waals surface area (Å²) in [4.78, 5) is 11.9. The van der Waals surface area contributed by atoms with Crippen LogP contribution in [0.5, 0.6) is 0 Å². The van der Waals surface area contributed by atoms with E-state index in [1.807, 2.05) is 0 Å². The van der Waals surface area contributed by atoms with Crippen LogP contribution in [0.15, 0.2) is 18.5 Å². The minimum Gasteiger partial charge on any atom is -0.376 e. The largest absolute Gasteiger partial charge is 0.376 e. The van der Waals surface area contributed by atoms with E-state index in [0.717, 1.165) is 19.7 Å².